The van der Waals surface area contributed by atoms with Crippen molar-refractivity contribution in [3.05, 3.63) is 0 Å². The zero-order valence-corrected chi connectivity index (χ0v) is 8.58. The largest absolute Gasteiger partial charge is 0.396 e. The third-order valence-corrected chi connectivity index (χ3v) is 3.11. The van der Waals surface area contributed by atoms with Gasteiger partial charge in [0.2, 0.25) is 0 Å². The number of hydrogen-bond donors (Lipinski definition) is 1. The summed E-state index contributed by atoms with van der Waals surface area (Å²) in [5.41, 5.74) is 0. The van der Waals surface area contributed by atoms with Crippen LogP contribution in [0.5, 0.6) is 0 Å². The van der Waals surface area contributed by atoms with E-state index in [2.05, 4.69) is 11.8 Å². The average Bonchev–Trinajstić information content (AvgIpc) is 2.96. The smallest absolute Gasteiger partial charge is 0.0468 e. The van der Waals surface area contributed by atoms with Crippen LogP contribution in [-0.2, 0) is 0 Å². The van der Waals surface area contributed by atoms with Crippen LogP contribution in [0.4, 0.5) is 0 Å². The van der Waals surface area contributed by atoms with Crippen molar-refractivity contribution in [1.29, 1.82) is 0 Å². The highest BCUT2D eigenvalue weighted by Crippen LogP contribution is 2.35. The average molecular weight is 183 g/mol. The Kier molecular flexibility index (Phi) is 2.89. The topological polar surface area (TPSA) is 23.5 Å². The minimum Gasteiger partial charge on any atom is -0.396 e. The summed E-state index contributed by atoms with van der Waals surface area (Å²) in [5, 5.41) is 9.01. The van der Waals surface area contributed by atoms with Gasteiger partial charge in [-0.15, -0.1) is 0 Å². The van der Waals surface area contributed by atoms with Crippen molar-refractivity contribution < 1.29 is 5.11 Å². The lowest BCUT2D eigenvalue weighted by Crippen LogP contribution is -2.33. The fourth-order valence-electron chi connectivity index (χ4n) is 1.90. The Morgan fingerprint density at radius 1 is 1.31 bits per heavy atom. The molecule has 0 aromatic heterocycles. The first kappa shape index (κ1) is 9.47. The molecule has 2 aliphatic rings. The molecule has 13 heavy (non-hydrogen) atoms. The molecule has 2 fully saturated rings. The van der Waals surface area contributed by atoms with Crippen LogP contribution in [0.1, 0.15) is 32.6 Å². The van der Waals surface area contributed by atoms with Gasteiger partial charge in [0.15, 0.2) is 0 Å². The lowest BCUT2D eigenvalue weighted by atomic mass is 10.1. The van der Waals surface area contributed by atoms with Crippen LogP contribution in [0, 0.1) is 11.8 Å². The fraction of sp³-hybridized carbons (Fsp3) is 1.00. The molecule has 0 spiro atoms. The Morgan fingerprint density at radius 3 is 2.46 bits per heavy atom. The lowest BCUT2D eigenvalue weighted by Gasteiger charge is -2.24. The second kappa shape index (κ2) is 3.97. The number of aliphatic hydroxyl groups is 1. The van der Waals surface area contributed by atoms with Crippen LogP contribution < -0.4 is 0 Å². The van der Waals surface area contributed by atoms with E-state index >= 15 is 0 Å². The highest BCUT2D eigenvalue weighted by atomic mass is 16.3. The van der Waals surface area contributed by atoms with Crippen molar-refractivity contribution in [2.75, 3.05) is 19.7 Å². The molecule has 1 unspecified atom stereocenters. The first-order chi connectivity index (χ1) is 6.29. The van der Waals surface area contributed by atoms with Gasteiger partial charge in [0.05, 0.1) is 0 Å². The summed E-state index contributed by atoms with van der Waals surface area (Å²) in [6.45, 7) is 4.89. The van der Waals surface area contributed by atoms with Gasteiger partial charge in [0, 0.05) is 25.7 Å². The lowest BCUT2D eigenvalue weighted by molar-refractivity contribution is 0.163. The SMILES string of the molecule is CC(CO)CN(CC1CC1)C1CC1. The van der Waals surface area contributed by atoms with Gasteiger partial charge in [0.1, 0.15) is 0 Å². The molecule has 1 N–H and O–H groups in total. The Bertz CT molecular complexity index is 163. The van der Waals surface area contributed by atoms with Crippen molar-refractivity contribution in [3.63, 3.8) is 0 Å². The van der Waals surface area contributed by atoms with Gasteiger partial charge in [0.25, 0.3) is 0 Å². The Balaban J connectivity index is 1.74. The van der Waals surface area contributed by atoms with E-state index in [9.17, 15) is 0 Å². The van der Waals surface area contributed by atoms with E-state index in [0.717, 1.165) is 18.5 Å². The van der Waals surface area contributed by atoms with Gasteiger partial charge in [-0.2, -0.15) is 0 Å². The zero-order valence-electron chi connectivity index (χ0n) is 8.58. The van der Waals surface area contributed by atoms with Gasteiger partial charge in [-0.25, -0.2) is 0 Å². The van der Waals surface area contributed by atoms with Crippen LogP contribution in [0.25, 0.3) is 0 Å². The first-order valence-electron chi connectivity index (χ1n) is 5.64. The number of nitrogens with zero attached hydrogens (tertiary/aromatic N) is 1. The van der Waals surface area contributed by atoms with Crippen LogP contribution in [0.15, 0.2) is 0 Å². The maximum absolute atomic E-state index is 9.01. The normalized spacial score (nSPS) is 25.2. The molecule has 0 bridgehead atoms. The first-order valence-corrected chi connectivity index (χ1v) is 5.64. The van der Waals surface area contributed by atoms with Crippen molar-refractivity contribution in [2.45, 2.75) is 38.6 Å². The van der Waals surface area contributed by atoms with Gasteiger partial charge in [-0.05, 0) is 37.5 Å². The second-order valence-electron chi connectivity index (χ2n) is 4.92. The third-order valence-electron chi connectivity index (χ3n) is 3.11. The molecule has 2 aliphatic carbocycles. The standard InChI is InChI=1S/C11H21NO/c1-9(8-13)6-12(11-4-5-11)7-10-2-3-10/h9-11,13H,2-8H2,1H3. The van der Waals surface area contributed by atoms with Gasteiger partial charge < -0.3 is 5.11 Å². The molecule has 2 rings (SSSR count). The number of aliphatic hydroxyl groups excluding tert-OH is 1. The molecular formula is C11H21NO. The summed E-state index contributed by atoms with van der Waals surface area (Å²) in [6, 6.07) is 0.870. The van der Waals surface area contributed by atoms with E-state index in [1.54, 1.807) is 0 Å². The van der Waals surface area contributed by atoms with Crippen molar-refractivity contribution in [3.8, 4) is 0 Å². The molecule has 0 radical (unpaired) electrons. The Hall–Kier alpha value is -0.0800. The maximum Gasteiger partial charge on any atom is 0.0468 e. The molecule has 2 heteroatoms. The molecule has 0 saturated heterocycles. The number of hydrogen-bond acceptors (Lipinski definition) is 2. The van der Waals surface area contributed by atoms with E-state index in [4.69, 9.17) is 5.11 Å². The van der Waals surface area contributed by atoms with Gasteiger partial charge in [-0.1, -0.05) is 6.92 Å². The quantitative estimate of drug-likeness (QED) is 0.674. The Labute approximate surface area is 80.9 Å². The molecule has 0 amide bonds. The highest BCUT2D eigenvalue weighted by Gasteiger charge is 2.33. The molecule has 2 saturated carbocycles. The minimum atomic E-state index is 0.341. The van der Waals surface area contributed by atoms with E-state index in [1.165, 1.54) is 32.2 Å². The maximum atomic E-state index is 9.01. The van der Waals surface area contributed by atoms with E-state index in [0.29, 0.717) is 12.5 Å². The van der Waals surface area contributed by atoms with Crippen LogP contribution in [0.3, 0.4) is 0 Å². The van der Waals surface area contributed by atoms with Gasteiger partial charge >= 0.3 is 0 Å². The summed E-state index contributed by atoms with van der Waals surface area (Å²) >= 11 is 0. The molecule has 1 atom stereocenters. The molecule has 0 aromatic carbocycles. The summed E-state index contributed by atoms with van der Waals surface area (Å²) in [6.07, 6.45) is 5.67. The molecule has 0 aromatic rings. The zero-order chi connectivity index (χ0) is 9.26. The number of rotatable bonds is 6. The summed E-state index contributed by atoms with van der Waals surface area (Å²) in [4.78, 5) is 2.61. The van der Waals surface area contributed by atoms with Crippen LogP contribution >= 0.6 is 0 Å². The fourth-order valence-corrected chi connectivity index (χ4v) is 1.90. The minimum absolute atomic E-state index is 0.341. The van der Waals surface area contributed by atoms with Crippen LogP contribution in [-0.4, -0.2) is 35.7 Å². The third kappa shape index (κ3) is 2.96. The highest BCUT2D eigenvalue weighted by molar-refractivity contribution is 4.88. The summed E-state index contributed by atoms with van der Waals surface area (Å²) in [7, 11) is 0. The molecule has 2 nitrogen and oxygen atoms in total. The Morgan fingerprint density at radius 2 is 2.00 bits per heavy atom. The predicted octanol–water partition coefficient (Wildman–Crippen LogP) is 1.49. The van der Waals surface area contributed by atoms with E-state index < -0.39 is 0 Å². The second-order valence-corrected chi connectivity index (χ2v) is 4.92. The summed E-state index contributed by atoms with van der Waals surface area (Å²) < 4.78 is 0. The van der Waals surface area contributed by atoms with Crippen molar-refractivity contribution in [1.82, 2.24) is 4.90 Å². The van der Waals surface area contributed by atoms with E-state index in [-0.39, 0.29) is 0 Å². The molecule has 0 heterocycles. The predicted molar refractivity (Wildman–Crippen MR) is 53.6 cm³/mol. The van der Waals surface area contributed by atoms with Crippen molar-refractivity contribution >= 4 is 0 Å². The molecule has 0 aliphatic heterocycles. The van der Waals surface area contributed by atoms with Crippen molar-refractivity contribution in [2.24, 2.45) is 11.8 Å². The molecular weight excluding hydrogens is 162 g/mol. The van der Waals surface area contributed by atoms with Gasteiger partial charge in [-0.3, -0.25) is 4.90 Å². The van der Waals surface area contributed by atoms with Crippen LogP contribution in [0.2, 0.25) is 0 Å². The molecule has 76 valence electrons. The van der Waals surface area contributed by atoms with E-state index in [1.807, 2.05) is 0 Å². The monoisotopic (exact) mass is 183 g/mol. The summed E-state index contributed by atoms with van der Waals surface area (Å²) in [5.74, 6) is 1.45.